The fourth-order valence-corrected chi connectivity index (χ4v) is 0. The van der Waals surface area contributed by atoms with E-state index in [4.69, 9.17) is 13.4 Å². The summed E-state index contributed by atoms with van der Waals surface area (Å²) in [6, 6.07) is 0. The molecule has 0 atom stereocenters. The molecule has 0 saturated heterocycles. The van der Waals surface area contributed by atoms with Crippen molar-refractivity contribution in [3.8, 4) is 0 Å². The van der Waals surface area contributed by atoms with Gasteiger partial charge in [-0.1, -0.05) is 0 Å². The molecule has 0 rings (SSSR count). The van der Waals surface area contributed by atoms with Gasteiger partial charge in [0, 0.05) is 0 Å². The molecular weight excluding hydrogens is 180 g/mol. The molecule has 6 heavy (non-hydrogen) atoms. The molecule has 0 aliphatic rings. The summed E-state index contributed by atoms with van der Waals surface area (Å²) in [4.78, 5) is 9.49. The van der Waals surface area contributed by atoms with Crippen molar-refractivity contribution in [2.24, 2.45) is 8.27 Å². The summed E-state index contributed by atoms with van der Waals surface area (Å²) in [5.74, 6) is 0. The molecule has 0 unspecified atom stereocenters. The molecule has 0 aromatic heterocycles. The van der Waals surface area contributed by atoms with E-state index in [1.165, 1.54) is 0 Å². The number of carboxylic acid groups (broad SMARTS) is 1. The van der Waals surface area contributed by atoms with E-state index in [0.29, 0.717) is 0 Å². The van der Waals surface area contributed by atoms with Crippen LogP contribution in [0.25, 0.3) is 0 Å². The Morgan fingerprint density at radius 3 is 1.83 bits per heavy atom. The molecule has 0 radical (unpaired) electrons. The monoisotopic (exact) mass is 184 g/mol. The molecule has 4 nitrogen and oxygen atoms in total. The average Bonchev–Trinajstić information content (AvgIpc) is 1.36. The van der Waals surface area contributed by atoms with Crippen molar-refractivity contribution in [1.29, 1.82) is 0 Å². The summed E-state index contributed by atoms with van der Waals surface area (Å²) >= 11 is -2.05. The van der Waals surface area contributed by atoms with Gasteiger partial charge in [0.05, 0.1) is 0 Å². The summed E-state index contributed by atoms with van der Waals surface area (Å²) in [5, 5.41) is 7.79. The summed E-state index contributed by atoms with van der Waals surface area (Å²) in [7, 11) is 0. The van der Waals surface area contributed by atoms with Crippen LogP contribution < -0.4 is 8.27 Å². The van der Waals surface area contributed by atoms with Crippen LogP contribution in [0.5, 0.6) is 0 Å². The summed E-state index contributed by atoms with van der Waals surface area (Å²) < 4.78 is 8.35. The normalized spacial score (nSPS) is 10.7. The Kier molecular flexibility index (Phi) is 2.38. The number of carbonyl (C=O) groups is 1. The van der Waals surface area contributed by atoms with Crippen molar-refractivity contribution in [3.05, 3.63) is 0 Å². The first-order chi connectivity index (χ1) is 2.64. The molecule has 0 saturated carbocycles. The van der Waals surface area contributed by atoms with Crippen LogP contribution in [0, 0.1) is 0 Å². The van der Waals surface area contributed by atoms with E-state index >= 15 is 0 Å². The van der Waals surface area contributed by atoms with Crippen LogP contribution in [0.2, 0.25) is 0 Å². The molecule has 0 fully saturated rings. The molecule has 42 valence electrons. The molecule has 0 aromatic carbocycles. The number of hydrogen-bond acceptors (Lipinski definition) is 3. The second-order valence-electron chi connectivity index (χ2n) is 0.495. The Labute approximate surface area is 41.9 Å². The molecule has 0 aliphatic carbocycles. The van der Waals surface area contributed by atoms with Crippen LogP contribution in [-0.4, -0.2) is 9.29 Å². The van der Waals surface area contributed by atoms with E-state index in [-0.39, 0.29) is 0 Å². The fraction of sp³-hybridized carbons (Fsp3) is 0. The Hall–Kier alpha value is 0.130. The second-order valence-corrected chi connectivity index (χ2v) is 2.48. The Bertz CT molecular complexity index is 62.6. The van der Waals surface area contributed by atoms with Crippen molar-refractivity contribution in [2.45, 2.75) is 0 Å². The molecule has 0 aliphatic heterocycles. The van der Waals surface area contributed by atoms with Gasteiger partial charge < -0.3 is 0 Å². The van der Waals surface area contributed by atoms with Crippen LogP contribution in [0.3, 0.4) is 0 Å². The first-order valence-electron chi connectivity index (χ1n) is 0.927. The molecule has 0 amide bonds. The van der Waals surface area contributed by atoms with Crippen molar-refractivity contribution in [3.63, 3.8) is 0 Å². The van der Waals surface area contributed by atoms with Gasteiger partial charge in [0.15, 0.2) is 0 Å². The third kappa shape index (κ3) is 2.37. The first kappa shape index (κ1) is 6.13. The van der Waals surface area contributed by atoms with Gasteiger partial charge in [0.25, 0.3) is 0 Å². The summed E-state index contributed by atoms with van der Waals surface area (Å²) in [5.41, 5.74) is 0. The predicted molar refractivity (Wildman–Crippen MR) is 16.4 cm³/mol. The van der Waals surface area contributed by atoms with E-state index in [9.17, 15) is 4.79 Å². The van der Waals surface area contributed by atoms with Crippen LogP contribution >= 0.6 is 0 Å². The van der Waals surface area contributed by atoms with Gasteiger partial charge in [0.2, 0.25) is 0 Å². The van der Waals surface area contributed by atoms with Gasteiger partial charge in [0.1, 0.15) is 0 Å². The minimum absolute atomic E-state index is 1.08. The second kappa shape index (κ2) is 2.33. The average molecular weight is 185 g/mol. The molecule has 0 aromatic rings. The van der Waals surface area contributed by atoms with E-state index in [0.717, 1.165) is 0 Å². The quantitative estimate of drug-likeness (QED) is 0.458. The third-order valence-electron chi connectivity index (χ3n) is 0.149. The van der Waals surface area contributed by atoms with E-state index in [2.05, 4.69) is 0 Å². The minimum atomic E-state index is -2.05. The van der Waals surface area contributed by atoms with Crippen molar-refractivity contribution < 1.29 is 28.9 Å². The third-order valence-corrected chi connectivity index (χ3v) is 0.881. The van der Waals surface area contributed by atoms with E-state index in [1.807, 2.05) is 0 Å². The zero-order valence-corrected chi connectivity index (χ0v) is 4.29. The maximum atomic E-state index is 9.49. The van der Waals surface area contributed by atoms with Crippen LogP contribution in [0.15, 0.2) is 0 Å². The predicted octanol–water partition coefficient (Wildman–Crippen LogP) is -0.970. The zero-order valence-electron chi connectivity index (χ0n) is 2.81. The number of rotatable bonds is 1. The standard InChI is InChI=1S/CHO2.Ag.2H2N/c2-1-3;;;/h(H,2,3);;2*1H2/q;+2;2*-1. The number of hydrogen-bond donors (Lipinski definition) is 3. The molecule has 5 N–H and O–H groups in total. The van der Waals surface area contributed by atoms with Crippen LogP contribution in [0.4, 0.5) is 4.79 Å². The molecule has 0 spiro atoms. The summed E-state index contributed by atoms with van der Waals surface area (Å²) in [6.45, 7) is 0. The van der Waals surface area contributed by atoms with Crippen molar-refractivity contribution in [2.75, 3.05) is 0 Å². The molecule has 0 bridgehead atoms. The van der Waals surface area contributed by atoms with Gasteiger partial charge in [-0.05, 0) is 0 Å². The first-order valence-corrected chi connectivity index (χ1v) is 3.38. The van der Waals surface area contributed by atoms with Gasteiger partial charge in [-0.3, -0.25) is 0 Å². The van der Waals surface area contributed by atoms with E-state index in [1.54, 1.807) is 0 Å². The maximum absolute atomic E-state index is 9.49. The molecular formula is CH5AgN2O2. The Balaban J connectivity index is 3.26. The van der Waals surface area contributed by atoms with E-state index < -0.39 is 23.2 Å². The number of nitrogens with two attached hydrogens (primary N) is 2. The van der Waals surface area contributed by atoms with Crippen molar-refractivity contribution in [1.82, 2.24) is 0 Å². The SMILES string of the molecule is [NH2][Ag]([NH2])[C](=O)O. The van der Waals surface area contributed by atoms with Crippen molar-refractivity contribution >= 4 is 4.19 Å². The van der Waals surface area contributed by atoms with Gasteiger partial charge in [-0.25, -0.2) is 0 Å². The fourth-order valence-electron chi connectivity index (χ4n) is 0. The van der Waals surface area contributed by atoms with Gasteiger partial charge in [-0.15, -0.1) is 0 Å². The summed E-state index contributed by atoms with van der Waals surface area (Å²) in [6.07, 6.45) is 0. The van der Waals surface area contributed by atoms with Gasteiger partial charge in [-0.2, -0.15) is 0 Å². The van der Waals surface area contributed by atoms with Gasteiger partial charge >= 0.3 is 41.3 Å². The molecule has 5 heteroatoms. The van der Waals surface area contributed by atoms with Crippen LogP contribution in [-0.2, 0) is 19.0 Å². The van der Waals surface area contributed by atoms with Crippen LogP contribution in [0.1, 0.15) is 0 Å². The molecule has 0 heterocycles. The Morgan fingerprint density at radius 2 is 1.83 bits per heavy atom. The topological polar surface area (TPSA) is 89.3 Å². The zero-order chi connectivity index (χ0) is 5.15. The Morgan fingerprint density at radius 1 is 1.67 bits per heavy atom.